The monoisotopic (exact) mass is 438 g/mol. The van der Waals surface area contributed by atoms with Gasteiger partial charge in [-0.3, -0.25) is 4.31 Å². The minimum absolute atomic E-state index is 0.0146. The largest absolute Gasteiger partial charge is 0.390 e. The Labute approximate surface area is 185 Å². The molecule has 0 unspecified atom stereocenters. The van der Waals surface area contributed by atoms with Crippen molar-refractivity contribution >= 4 is 26.5 Å². The fraction of sp³-hybridized carbons (Fsp3) is 0.360. The first kappa shape index (κ1) is 21.8. The number of rotatable bonds is 7. The standard InChI is InChI=1S/C25H30N2O3S/c1-20-12-14-23(15-13-20)31(29,30)27(19-22(28)18-26-16-5-2-6-17-26)25-11-7-9-21-8-3-4-10-24(21)25/h3-4,7-15,22,28H,2,5-6,16-19H2,1H3/t22-/m0/s1. The van der Waals surface area contributed by atoms with Gasteiger partial charge in [-0.2, -0.15) is 0 Å². The molecule has 1 atom stereocenters. The molecule has 1 heterocycles. The molecule has 164 valence electrons. The molecular weight excluding hydrogens is 408 g/mol. The zero-order valence-electron chi connectivity index (χ0n) is 17.9. The van der Waals surface area contributed by atoms with Crippen LogP contribution < -0.4 is 4.31 Å². The molecule has 1 N–H and O–H groups in total. The predicted molar refractivity (Wildman–Crippen MR) is 126 cm³/mol. The van der Waals surface area contributed by atoms with E-state index >= 15 is 0 Å². The number of aryl methyl sites for hydroxylation is 1. The van der Waals surface area contributed by atoms with Crippen molar-refractivity contribution in [2.45, 2.75) is 37.2 Å². The van der Waals surface area contributed by atoms with Gasteiger partial charge in [-0.15, -0.1) is 0 Å². The molecule has 4 rings (SSSR count). The quantitative estimate of drug-likeness (QED) is 0.601. The van der Waals surface area contributed by atoms with Crippen molar-refractivity contribution in [3.63, 3.8) is 0 Å². The third-order valence-electron chi connectivity index (χ3n) is 5.94. The van der Waals surface area contributed by atoms with Gasteiger partial charge in [-0.05, 0) is 56.4 Å². The maximum Gasteiger partial charge on any atom is 0.264 e. The molecule has 0 bridgehead atoms. The number of aliphatic hydroxyl groups excluding tert-OH is 1. The summed E-state index contributed by atoms with van der Waals surface area (Å²) in [6.07, 6.45) is 2.69. The highest BCUT2D eigenvalue weighted by molar-refractivity contribution is 7.92. The Hall–Kier alpha value is -2.41. The van der Waals surface area contributed by atoms with Gasteiger partial charge >= 0.3 is 0 Å². The second kappa shape index (κ2) is 9.39. The second-order valence-corrected chi connectivity index (χ2v) is 10.2. The third-order valence-corrected chi connectivity index (χ3v) is 7.73. The van der Waals surface area contributed by atoms with E-state index in [2.05, 4.69) is 4.90 Å². The summed E-state index contributed by atoms with van der Waals surface area (Å²) >= 11 is 0. The summed E-state index contributed by atoms with van der Waals surface area (Å²) in [6, 6.07) is 20.3. The highest BCUT2D eigenvalue weighted by Crippen LogP contribution is 2.31. The van der Waals surface area contributed by atoms with Crippen LogP contribution in [0.2, 0.25) is 0 Å². The van der Waals surface area contributed by atoms with Crippen molar-refractivity contribution in [2.24, 2.45) is 0 Å². The lowest BCUT2D eigenvalue weighted by Gasteiger charge is -2.32. The van der Waals surface area contributed by atoms with Gasteiger partial charge in [0.05, 0.1) is 23.2 Å². The van der Waals surface area contributed by atoms with Gasteiger partial charge < -0.3 is 10.0 Å². The normalized spacial score (nSPS) is 16.3. The SMILES string of the molecule is Cc1ccc(S(=O)(=O)N(C[C@@H](O)CN2CCCCC2)c2cccc3ccccc23)cc1. The van der Waals surface area contributed by atoms with Crippen molar-refractivity contribution in [2.75, 3.05) is 30.5 Å². The van der Waals surface area contributed by atoms with Gasteiger partial charge in [-0.25, -0.2) is 8.42 Å². The van der Waals surface area contributed by atoms with Crippen LogP contribution in [0.1, 0.15) is 24.8 Å². The number of piperidine rings is 1. The highest BCUT2D eigenvalue weighted by atomic mass is 32.2. The Morgan fingerprint density at radius 3 is 2.35 bits per heavy atom. The maximum absolute atomic E-state index is 13.7. The Morgan fingerprint density at radius 2 is 1.61 bits per heavy atom. The lowest BCUT2D eigenvalue weighted by molar-refractivity contribution is 0.107. The third kappa shape index (κ3) is 4.92. The predicted octanol–water partition coefficient (Wildman–Crippen LogP) is 4.19. The van der Waals surface area contributed by atoms with Crippen LogP contribution in [-0.4, -0.2) is 50.7 Å². The first-order chi connectivity index (χ1) is 14.9. The molecule has 0 radical (unpaired) electrons. The topological polar surface area (TPSA) is 60.9 Å². The summed E-state index contributed by atoms with van der Waals surface area (Å²) in [7, 11) is -3.84. The molecule has 0 aliphatic carbocycles. The van der Waals surface area contributed by atoms with Crippen molar-refractivity contribution in [1.82, 2.24) is 4.90 Å². The smallest absolute Gasteiger partial charge is 0.264 e. The van der Waals surface area contributed by atoms with Crippen LogP contribution in [0.15, 0.2) is 71.6 Å². The van der Waals surface area contributed by atoms with Crippen molar-refractivity contribution in [3.8, 4) is 0 Å². The molecule has 1 aliphatic heterocycles. The Morgan fingerprint density at radius 1 is 0.935 bits per heavy atom. The number of anilines is 1. The Kier molecular flexibility index (Phi) is 6.60. The van der Waals surface area contributed by atoms with E-state index in [1.807, 2.05) is 49.4 Å². The number of hydrogen-bond acceptors (Lipinski definition) is 4. The van der Waals surface area contributed by atoms with Crippen molar-refractivity contribution in [1.29, 1.82) is 0 Å². The van der Waals surface area contributed by atoms with E-state index in [0.717, 1.165) is 42.3 Å². The summed E-state index contributed by atoms with van der Waals surface area (Å²) in [5.74, 6) is 0. The Bertz CT molecular complexity index is 1120. The number of aliphatic hydroxyl groups is 1. The van der Waals surface area contributed by atoms with E-state index in [4.69, 9.17) is 0 Å². The molecule has 1 fully saturated rings. The fourth-order valence-electron chi connectivity index (χ4n) is 4.28. The minimum Gasteiger partial charge on any atom is -0.390 e. The lowest BCUT2D eigenvalue weighted by atomic mass is 10.1. The van der Waals surface area contributed by atoms with E-state index < -0.39 is 16.1 Å². The molecule has 31 heavy (non-hydrogen) atoms. The number of hydrogen-bond donors (Lipinski definition) is 1. The van der Waals surface area contributed by atoms with Crippen LogP contribution in [0.3, 0.4) is 0 Å². The zero-order chi connectivity index (χ0) is 21.8. The average molecular weight is 439 g/mol. The number of likely N-dealkylation sites (tertiary alicyclic amines) is 1. The summed E-state index contributed by atoms with van der Waals surface area (Å²) in [5, 5.41) is 12.7. The summed E-state index contributed by atoms with van der Waals surface area (Å²) < 4.78 is 28.8. The summed E-state index contributed by atoms with van der Waals surface area (Å²) in [4.78, 5) is 2.46. The van der Waals surface area contributed by atoms with Gasteiger partial charge in [0.25, 0.3) is 10.0 Å². The molecule has 0 amide bonds. The molecule has 3 aromatic carbocycles. The molecule has 0 saturated carbocycles. The van der Waals surface area contributed by atoms with E-state index in [-0.39, 0.29) is 11.4 Å². The number of benzene rings is 3. The van der Waals surface area contributed by atoms with E-state index in [9.17, 15) is 13.5 Å². The number of nitrogens with zero attached hydrogens (tertiary/aromatic N) is 2. The van der Waals surface area contributed by atoms with Gasteiger partial charge in [0.1, 0.15) is 0 Å². The van der Waals surface area contributed by atoms with Crippen LogP contribution in [0, 0.1) is 6.92 Å². The van der Waals surface area contributed by atoms with Gasteiger partial charge in [0, 0.05) is 11.9 Å². The first-order valence-electron chi connectivity index (χ1n) is 10.9. The summed E-state index contributed by atoms with van der Waals surface area (Å²) in [6.45, 7) is 4.33. The van der Waals surface area contributed by atoms with Crippen LogP contribution >= 0.6 is 0 Å². The molecule has 5 nitrogen and oxygen atoms in total. The van der Waals surface area contributed by atoms with Gasteiger partial charge in [0.2, 0.25) is 0 Å². The molecular formula is C25H30N2O3S. The first-order valence-corrected chi connectivity index (χ1v) is 12.4. The lowest BCUT2D eigenvalue weighted by Crippen LogP contribution is -2.44. The Balaban J connectivity index is 1.72. The zero-order valence-corrected chi connectivity index (χ0v) is 18.8. The molecule has 3 aromatic rings. The van der Waals surface area contributed by atoms with Gasteiger partial charge in [-0.1, -0.05) is 60.5 Å². The molecule has 1 aliphatic rings. The van der Waals surface area contributed by atoms with Crippen LogP contribution in [0.4, 0.5) is 5.69 Å². The van der Waals surface area contributed by atoms with Crippen LogP contribution in [-0.2, 0) is 10.0 Å². The number of β-amino-alcohol motifs (C(OH)–C–C–N with tert-alkyl or cyclic N) is 1. The van der Waals surface area contributed by atoms with E-state index in [1.165, 1.54) is 10.7 Å². The fourth-order valence-corrected chi connectivity index (χ4v) is 5.80. The van der Waals surface area contributed by atoms with Gasteiger partial charge in [0.15, 0.2) is 0 Å². The molecule has 6 heteroatoms. The van der Waals surface area contributed by atoms with Crippen LogP contribution in [0.25, 0.3) is 10.8 Å². The maximum atomic E-state index is 13.7. The average Bonchev–Trinajstić information content (AvgIpc) is 2.78. The number of fused-ring (bicyclic) bond motifs is 1. The van der Waals surface area contributed by atoms with E-state index in [1.54, 1.807) is 24.3 Å². The molecule has 0 spiro atoms. The van der Waals surface area contributed by atoms with Crippen LogP contribution in [0.5, 0.6) is 0 Å². The summed E-state index contributed by atoms with van der Waals surface area (Å²) in [5.41, 5.74) is 1.59. The second-order valence-electron chi connectivity index (χ2n) is 8.36. The van der Waals surface area contributed by atoms with Crippen molar-refractivity contribution in [3.05, 3.63) is 72.3 Å². The minimum atomic E-state index is -3.84. The number of sulfonamides is 1. The molecule has 0 aromatic heterocycles. The molecule has 1 saturated heterocycles. The van der Waals surface area contributed by atoms with Crippen molar-refractivity contribution < 1.29 is 13.5 Å². The highest BCUT2D eigenvalue weighted by Gasteiger charge is 2.29. The van der Waals surface area contributed by atoms with E-state index in [0.29, 0.717) is 12.2 Å².